The van der Waals surface area contributed by atoms with E-state index in [0.29, 0.717) is 6.04 Å². The highest BCUT2D eigenvalue weighted by molar-refractivity contribution is 5.94. The summed E-state index contributed by atoms with van der Waals surface area (Å²) in [6.07, 6.45) is 4.91. The molecule has 2 aromatic rings. The number of anilines is 1. The quantitative estimate of drug-likeness (QED) is 0.660. The number of hydrogen-bond acceptors (Lipinski definition) is 3. The lowest BCUT2D eigenvalue weighted by molar-refractivity contribution is 0.0705. The maximum absolute atomic E-state index is 12.9. The number of hydrogen-bond donors (Lipinski definition) is 1. The lowest BCUT2D eigenvalue weighted by Crippen LogP contribution is -2.45. The number of carbonyl (C=O) groups excluding carboxylic acids is 1. The van der Waals surface area contributed by atoms with Gasteiger partial charge in [-0.15, -0.1) is 12.4 Å². The molecule has 0 aromatic heterocycles. The SMILES string of the molecule is CCN(Cc1ccccc1)c1ccc(C(=O)N2CCC(NCC3CC3)CC2)cc1.Cl. The lowest BCUT2D eigenvalue weighted by Gasteiger charge is -2.32. The fraction of sp³-hybridized carbons (Fsp3) is 0.480. The molecule has 2 aromatic carbocycles. The van der Waals surface area contributed by atoms with Crippen molar-refractivity contribution in [1.82, 2.24) is 10.2 Å². The van der Waals surface area contributed by atoms with Gasteiger partial charge >= 0.3 is 0 Å². The third-order valence-corrected chi connectivity index (χ3v) is 6.25. The number of benzene rings is 2. The van der Waals surface area contributed by atoms with Crippen LogP contribution >= 0.6 is 12.4 Å². The second kappa shape index (κ2) is 10.8. The highest BCUT2D eigenvalue weighted by Gasteiger charge is 2.26. The second-order valence-corrected chi connectivity index (χ2v) is 8.46. The second-order valence-electron chi connectivity index (χ2n) is 8.46. The molecule has 1 amide bonds. The van der Waals surface area contributed by atoms with Gasteiger partial charge in [0.15, 0.2) is 0 Å². The Hall–Kier alpha value is -2.04. The molecule has 1 saturated heterocycles. The summed E-state index contributed by atoms with van der Waals surface area (Å²) in [5, 5.41) is 3.69. The van der Waals surface area contributed by atoms with Crippen molar-refractivity contribution < 1.29 is 4.79 Å². The van der Waals surface area contributed by atoms with Crippen molar-refractivity contribution in [3.05, 3.63) is 65.7 Å². The molecule has 0 bridgehead atoms. The van der Waals surface area contributed by atoms with Crippen molar-refractivity contribution in [2.75, 3.05) is 31.1 Å². The summed E-state index contributed by atoms with van der Waals surface area (Å²) in [4.78, 5) is 17.3. The van der Waals surface area contributed by atoms with E-state index in [1.807, 2.05) is 23.1 Å². The fourth-order valence-corrected chi connectivity index (χ4v) is 4.13. The zero-order chi connectivity index (χ0) is 20.1. The summed E-state index contributed by atoms with van der Waals surface area (Å²) in [7, 11) is 0. The molecule has 1 heterocycles. The molecule has 0 spiro atoms. The van der Waals surface area contributed by atoms with Crippen LogP contribution in [0.4, 0.5) is 5.69 Å². The molecule has 4 nitrogen and oxygen atoms in total. The van der Waals surface area contributed by atoms with Gasteiger partial charge in [0.1, 0.15) is 0 Å². The molecule has 0 radical (unpaired) electrons. The first-order chi connectivity index (χ1) is 14.2. The Balaban J connectivity index is 0.00000256. The van der Waals surface area contributed by atoms with Crippen LogP contribution in [0.5, 0.6) is 0 Å². The summed E-state index contributed by atoms with van der Waals surface area (Å²) in [5.41, 5.74) is 3.26. The first-order valence-electron chi connectivity index (χ1n) is 11.1. The average molecular weight is 428 g/mol. The van der Waals surface area contributed by atoms with Crippen molar-refractivity contribution in [1.29, 1.82) is 0 Å². The molecule has 1 aliphatic carbocycles. The van der Waals surface area contributed by atoms with E-state index in [-0.39, 0.29) is 18.3 Å². The summed E-state index contributed by atoms with van der Waals surface area (Å²) in [6, 6.07) is 19.3. The number of likely N-dealkylation sites (tertiary alicyclic amines) is 1. The third-order valence-electron chi connectivity index (χ3n) is 6.25. The van der Waals surface area contributed by atoms with Crippen LogP contribution in [0.15, 0.2) is 54.6 Å². The minimum atomic E-state index is 0. The van der Waals surface area contributed by atoms with E-state index in [1.165, 1.54) is 18.4 Å². The molecular weight excluding hydrogens is 394 g/mol. The molecular formula is C25H34ClN3O. The van der Waals surface area contributed by atoms with Crippen LogP contribution in [0, 0.1) is 5.92 Å². The van der Waals surface area contributed by atoms with E-state index in [9.17, 15) is 4.79 Å². The maximum Gasteiger partial charge on any atom is 0.253 e. The van der Waals surface area contributed by atoms with Crippen molar-refractivity contribution >= 4 is 24.0 Å². The topological polar surface area (TPSA) is 35.6 Å². The lowest BCUT2D eigenvalue weighted by atomic mass is 10.0. The predicted octanol–water partition coefficient (Wildman–Crippen LogP) is 4.74. The van der Waals surface area contributed by atoms with Gasteiger partial charge in [0.05, 0.1) is 0 Å². The number of nitrogens with zero attached hydrogens (tertiary/aromatic N) is 2. The molecule has 30 heavy (non-hydrogen) atoms. The number of rotatable bonds is 8. The van der Waals surface area contributed by atoms with Crippen molar-refractivity contribution in [2.24, 2.45) is 5.92 Å². The largest absolute Gasteiger partial charge is 0.367 e. The Kier molecular flexibility index (Phi) is 8.17. The Morgan fingerprint density at radius 1 is 1.00 bits per heavy atom. The molecule has 1 saturated carbocycles. The Morgan fingerprint density at radius 3 is 2.27 bits per heavy atom. The fourth-order valence-electron chi connectivity index (χ4n) is 4.13. The van der Waals surface area contributed by atoms with Crippen LogP contribution in [-0.2, 0) is 6.54 Å². The van der Waals surface area contributed by atoms with E-state index >= 15 is 0 Å². The summed E-state index contributed by atoms with van der Waals surface area (Å²) >= 11 is 0. The van der Waals surface area contributed by atoms with Crippen LogP contribution in [0.2, 0.25) is 0 Å². The number of piperidine rings is 1. The summed E-state index contributed by atoms with van der Waals surface area (Å²) in [5.74, 6) is 1.08. The van der Waals surface area contributed by atoms with E-state index in [1.54, 1.807) is 0 Å². The van der Waals surface area contributed by atoms with Crippen LogP contribution < -0.4 is 10.2 Å². The monoisotopic (exact) mass is 427 g/mol. The van der Waals surface area contributed by atoms with E-state index in [4.69, 9.17) is 0 Å². The maximum atomic E-state index is 12.9. The number of amides is 1. The molecule has 5 heteroatoms. The number of nitrogens with one attached hydrogen (secondary N) is 1. The van der Waals surface area contributed by atoms with Gasteiger partial charge in [-0.25, -0.2) is 0 Å². The first-order valence-corrected chi connectivity index (χ1v) is 11.1. The molecule has 2 fully saturated rings. The molecule has 0 unspecified atom stereocenters. The van der Waals surface area contributed by atoms with Gasteiger partial charge in [-0.2, -0.15) is 0 Å². The average Bonchev–Trinajstić information content (AvgIpc) is 3.61. The molecule has 4 rings (SSSR count). The van der Waals surface area contributed by atoms with Crippen LogP contribution in [-0.4, -0.2) is 43.0 Å². The van der Waals surface area contributed by atoms with Gasteiger partial charge in [-0.05, 0) is 74.9 Å². The number of halogens is 1. The van der Waals surface area contributed by atoms with Gasteiger partial charge < -0.3 is 15.1 Å². The van der Waals surface area contributed by atoms with E-state index < -0.39 is 0 Å². The number of carbonyl (C=O) groups is 1. The standard InChI is InChI=1S/C25H33N3O.ClH/c1-2-27(19-21-6-4-3-5-7-21)24-12-10-22(11-13-24)25(29)28-16-14-23(15-17-28)26-18-20-8-9-20;/h3-7,10-13,20,23,26H,2,8-9,14-19H2,1H3;1H. The minimum absolute atomic E-state index is 0. The molecule has 1 aliphatic heterocycles. The molecule has 1 N–H and O–H groups in total. The normalized spacial score (nSPS) is 16.8. The van der Waals surface area contributed by atoms with Crippen molar-refractivity contribution in [3.8, 4) is 0 Å². The predicted molar refractivity (Wildman–Crippen MR) is 127 cm³/mol. The van der Waals surface area contributed by atoms with Gasteiger partial charge in [0.2, 0.25) is 0 Å². The Bertz CT molecular complexity index is 784. The van der Waals surface area contributed by atoms with E-state index in [0.717, 1.165) is 62.7 Å². The summed E-state index contributed by atoms with van der Waals surface area (Å²) in [6.45, 7) is 6.87. The smallest absolute Gasteiger partial charge is 0.253 e. The Morgan fingerprint density at radius 2 is 1.67 bits per heavy atom. The Labute approximate surface area is 187 Å². The van der Waals surface area contributed by atoms with Gasteiger partial charge in [-0.3, -0.25) is 4.79 Å². The minimum Gasteiger partial charge on any atom is -0.367 e. The molecule has 2 aliphatic rings. The molecule has 162 valence electrons. The van der Waals surface area contributed by atoms with Crippen molar-refractivity contribution in [3.63, 3.8) is 0 Å². The molecule has 0 atom stereocenters. The third kappa shape index (κ3) is 5.99. The highest BCUT2D eigenvalue weighted by atomic mass is 35.5. The van der Waals surface area contributed by atoms with Crippen LogP contribution in [0.25, 0.3) is 0 Å². The van der Waals surface area contributed by atoms with E-state index in [2.05, 4.69) is 53.5 Å². The van der Waals surface area contributed by atoms with Crippen LogP contribution in [0.1, 0.15) is 48.5 Å². The first kappa shape index (κ1) is 22.6. The van der Waals surface area contributed by atoms with Gasteiger partial charge in [0.25, 0.3) is 5.91 Å². The zero-order valence-corrected chi connectivity index (χ0v) is 18.7. The van der Waals surface area contributed by atoms with Gasteiger partial charge in [-0.1, -0.05) is 30.3 Å². The zero-order valence-electron chi connectivity index (χ0n) is 17.9. The van der Waals surface area contributed by atoms with Crippen molar-refractivity contribution in [2.45, 2.75) is 45.2 Å². The highest BCUT2D eigenvalue weighted by Crippen LogP contribution is 2.28. The summed E-state index contributed by atoms with van der Waals surface area (Å²) < 4.78 is 0. The van der Waals surface area contributed by atoms with Crippen LogP contribution in [0.3, 0.4) is 0 Å². The van der Waals surface area contributed by atoms with Gasteiger partial charge in [0, 0.05) is 43.5 Å².